The molecule has 2 N–H and O–H groups in total. The average Bonchev–Trinajstić information content (AvgIpc) is 2.71. The molecule has 1 aliphatic rings. The second-order valence-corrected chi connectivity index (χ2v) is 7.32. The zero-order valence-electron chi connectivity index (χ0n) is 16.6. The molecule has 1 aromatic carbocycles. The molecule has 0 bridgehead atoms. The molecule has 0 unspecified atom stereocenters. The van der Waals surface area contributed by atoms with E-state index in [0.717, 1.165) is 56.6 Å². The van der Waals surface area contributed by atoms with Crippen molar-refractivity contribution in [1.82, 2.24) is 15.3 Å². The van der Waals surface area contributed by atoms with Crippen LogP contribution in [0, 0.1) is 17.6 Å². The molecule has 8 heteroatoms. The summed E-state index contributed by atoms with van der Waals surface area (Å²) in [5.41, 5.74) is 0.422. The first-order valence-electron chi connectivity index (χ1n) is 10.1. The van der Waals surface area contributed by atoms with E-state index in [1.807, 2.05) is 13.0 Å². The van der Waals surface area contributed by atoms with Crippen LogP contribution in [0.4, 0.5) is 20.4 Å². The Morgan fingerprint density at radius 2 is 1.86 bits per heavy atom. The summed E-state index contributed by atoms with van der Waals surface area (Å²) in [4.78, 5) is 22.9. The Morgan fingerprint density at radius 3 is 2.55 bits per heavy atom. The fourth-order valence-electron chi connectivity index (χ4n) is 3.59. The normalized spacial score (nSPS) is 14.7. The minimum atomic E-state index is -0.637. The Labute approximate surface area is 169 Å². The highest BCUT2D eigenvalue weighted by atomic mass is 19.1. The lowest BCUT2D eigenvalue weighted by molar-refractivity contribution is -0.121. The van der Waals surface area contributed by atoms with Gasteiger partial charge in [0, 0.05) is 44.7 Å². The van der Waals surface area contributed by atoms with Crippen molar-refractivity contribution in [3.05, 3.63) is 47.8 Å². The molecule has 156 valence electrons. The van der Waals surface area contributed by atoms with Crippen molar-refractivity contribution >= 4 is 17.5 Å². The van der Waals surface area contributed by atoms with E-state index in [1.165, 1.54) is 12.1 Å². The predicted molar refractivity (Wildman–Crippen MR) is 109 cm³/mol. The second kappa shape index (κ2) is 10.1. The minimum Gasteiger partial charge on any atom is -0.370 e. The van der Waals surface area contributed by atoms with E-state index in [2.05, 4.69) is 25.5 Å². The number of amides is 1. The molecule has 0 saturated carbocycles. The number of hydrogen-bond donors (Lipinski definition) is 2. The van der Waals surface area contributed by atoms with Crippen LogP contribution >= 0.6 is 0 Å². The van der Waals surface area contributed by atoms with Gasteiger partial charge in [0.1, 0.15) is 29.6 Å². The van der Waals surface area contributed by atoms with Gasteiger partial charge in [-0.1, -0.05) is 0 Å². The number of nitrogens with one attached hydrogen (secondary N) is 2. The summed E-state index contributed by atoms with van der Waals surface area (Å²) in [6.07, 6.45) is 4.81. The molecule has 3 rings (SSSR count). The number of aromatic nitrogens is 2. The molecule has 0 atom stereocenters. The third-order valence-corrected chi connectivity index (χ3v) is 5.14. The first-order chi connectivity index (χ1) is 14.0. The van der Waals surface area contributed by atoms with Crippen LogP contribution in [-0.2, 0) is 11.3 Å². The zero-order valence-corrected chi connectivity index (χ0v) is 16.6. The average molecular weight is 403 g/mol. The van der Waals surface area contributed by atoms with E-state index < -0.39 is 11.6 Å². The molecular formula is C21H27F2N5O. The van der Waals surface area contributed by atoms with E-state index in [0.29, 0.717) is 17.9 Å². The van der Waals surface area contributed by atoms with Gasteiger partial charge in [-0.3, -0.25) is 4.79 Å². The van der Waals surface area contributed by atoms with Crippen molar-refractivity contribution in [1.29, 1.82) is 0 Å². The molecule has 1 aliphatic heterocycles. The van der Waals surface area contributed by atoms with E-state index in [9.17, 15) is 13.6 Å². The Bertz CT molecular complexity index is 804. The third kappa shape index (κ3) is 6.37. The number of rotatable bonds is 8. The molecular weight excluding hydrogens is 376 g/mol. The molecule has 0 spiro atoms. The molecule has 1 saturated heterocycles. The van der Waals surface area contributed by atoms with Gasteiger partial charge < -0.3 is 15.5 Å². The lowest BCUT2D eigenvalue weighted by atomic mass is 9.92. The number of benzene rings is 1. The van der Waals surface area contributed by atoms with Gasteiger partial charge in [0.2, 0.25) is 5.91 Å². The van der Waals surface area contributed by atoms with E-state index in [4.69, 9.17) is 0 Å². The van der Waals surface area contributed by atoms with Gasteiger partial charge in [-0.2, -0.15) is 0 Å². The first kappa shape index (κ1) is 21.0. The molecule has 1 aromatic heterocycles. The Hall–Kier alpha value is -2.77. The summed E-state index contributed by atoms with van der Waals surface area (Å²) in [7, 11) is 0. The predicted octanol–water partition coefficient (Wildman–Crippen LogP) is 3.50. The van der Waals surface area contributed by atoms with Gasteiger partial charge in [0.15, 0.2) is 0 Å². The number of halogens is 2. The fraction of sp³-hybridized carbons (Fsp3) is 0.476. The maximum atomic E-state index is 13.2. The second-order valence-electron chi connectivity index (χ2n) is 7.32. The maximum Gasteiger partial charge on any atom is 0.220 e. The number of carbonyl (C=O) groups excluding carboxylic acids is 1. The van der Waals surface area contributed by atoms with Crippen LogP contribution in [0.5, 0.6) is 0 Å². The summed E-state index contributed by atoms with van der Waals surface area (Å²) in [6.45, 7) is 4.78. The van der Waals surface area contributed by atoms with Crippen LogP contribution in [0.1, 0.15) is 38.2 Å². The minimum absolute atomic E-state index is 0.0943. The highest BCUT2D eigenvalue weighted by molar-refractivity contribution is 5.75. The van der Waals surface area contributed by atoms with Crippen molar-refractivity contribution in [2.45, 2.75) is 39.2 Å². The summed E-state index contributed by atoms with van der Waals surface area (Å²) in [5.74, 6) is 0.871. The lowest BCUT2D eigenvalue weighted by Gasteiger charge is -2.32. The standard InChI is InChI=1S/C21H27F2N5O/c1-2-24-19-12-20(27-14-26-19)28-7-5-15(6-8-28)3-4-21(29)25-13-16-9-17(22)11-18(23)10-16/h9-12,14-15H,2-8,13H2,1H3,(H,25,29)(H,24,26,27). The molecule has 0 aliphatic carbocycles. The summed E-state index contributed by atoms with van der Waals surface area (Å²) in [6, 6.07) is 5.24. The summed E-state index contributed by atoms with van der Waals surface area (Å²) < 4.78 is 26.4. The third-order valence-electron chi connectivity index (χ3n) is 5.14. The van der Waals surface area contributed by atoms with Gasteiger partial charge in [-0.15, -0.1) is 0 Å². The number of nitrogens with zero attached hydrogens (tertiary/aromatic N) is 3. The van der Waals surface area contributed by atoms with Gasteiger partial charge in [-0.25, -0.2) is 18.7 Å². The van der Waals surface area contributed by atoms with Crippen LogP contribution in [0.25, 0.3) is 0 Å². The summed E-state index contributed by atoms with van der Waals surface area (Å²) in [5, 5.41) is 5.93. The summed E-state index contributed by atoms with van der Waals surface area (Å²) >= 11 is 0. The maximum absolute atomic E-state index is 13.2. The van der Waals surface area contributed by atoms with Gasteiger partial charge >= 0.3 is 0 Å². The SMILES string of the molecule is CCNc1cc(N2CCC(CCC(=O)NCc3cc(F)cc(F)c3)CC2)ncn1. The molecule has 6 nitrogen and oxygen atoms in total. The Kier molecular flexibility index (Phi) is 7.32. The molecule has 2 heterocycles. The number of hydrogen-bond acceptors (Lipinski definition) is 5. The van der Waals surface area contributed by atoms with Crippen molar-refractivity contribution in [3.63, 3.8) is 0 Å². The van der Waals surface area contributed by atoms with Crippen molar-refractivity contribution in [3.8, 4) is 0 Å². The molecule has 1 fully saturated rings. The van der Waals surface area contributed by atoms with Crippen molar-refractivity contribution < 1.29 is 13.6 Å². The highest BCUT2D eigenvalue weighted by Crippen LogP contribution is 2.25. The van der Waals surface area contributed by atoms with Crippen molar-refractivity contribution in [2.75, 3.05) is 29.9 Å². The first-order valence-corrected chi connectivity index (χ1v) is 10.1. The molecule has 0 radical (unpaired) electrons. The van der Waals surface area contributed by atoms with Crippen LogP contribution < -0.4 is 15.5 Å². The molecule has 1 amide bonds. The number of anilines is 2. The van der Waals surface area contributed by atoms with E-state index >= 15 is 0 Å². The smallest absolute Gasteiger partial charge is 0.220 e. The fourth-order valence-corrected chi connectivity index (χ4v) is 3.59. The number of carbonyl (C=O) groups is 1. The topological polar surface area (TPSA) is 70.2 Å². The van der Waals surface area contributed by atoms with E-state index in [1.54, 1.807) is 6.33 Å². The quantitative estimate of drug-likeness (QED) is 0.706. The monoisotopic (exact) mass is 403 g/mol. The van der Waals surface area contributed by atoms with E-state index in [-0.39, 0.29) is 12.5 Å². The largest absolute Gasteiger partial charge is 0.370 e. The highest BCUT2D eigenvalue weighted by Gasteiger charge is 2.21. The van der Waals surface area contributed by atoms with Crippen LogP contribution in [0.3, 0.4) is 0 Å². The van der Waals surface area contributed by atoms with Crippen LogP contribution in [0.2, 0.25) is 0 Å². The van der Waals surface area contributed by atoms with Crippen LogP contribution in [0.15, 0.2) is 30.6 Å². The zero-order chi connectivity index (χ0) is 20.6. The van der Waals surface area contributed by atoms with Gasteiger partial charge in [0.05, 0.1) is 0 Å². The van der Waals surface area contributed by atoms with Crippen molar-refractivity contribution in [2.24, 2.45) is 5.92 Å². The molecule has 2 aromatic rings. The Balaban J connectivity index is 1.39. The molecule has 29 heavy (non-hydrogen) atoms. The van der Waals surface area contributed by atoms with Crippen LogP contribution in [-0.4, -0.2) is 35.5 Å². The number of piperidine rings is 1. The van der Waals surface area contributed by atoms with Gasteiger partial charge in [-0.05, 0) is 49.8 Å². The van der Waals surface area contributed by atoms with Gasteiger partial charge in [0.25, 0.3) is 0 Å². The lowest BCUT2D eigenvalue weighted by Crippen LogP contribution is -2.34. The Morgan fingerprint density at radius 1 is 1.14 bits per heavy atom.